The van der Waals surface area contributed by atoms with Gasteiger partial charge in [0.1, 0.15) is 0 Å². The number of sulfonamides is 1. The Morgan fingerprint density at radius 1 is 1.38 bits per heavy atom. The van der Waals surface area contributed by atoms with E-state index in [2.05, 4.69) is 11.0 Å². The van der Waals surface area contributed by atoms with Crippen molar-refractivity contribution in [3.8, 4) is 6.07 Å². The molecule has 1 aliphatic rings. The zero-order valence-corrected chi connectivity index (χ0v) is 13.1. The Morgan fingerprint density at radius 3 is 2.52 bits per heavy atom. The molecule has 2 rings (SSSR count). The summed E-state index contributed by atoms with van der Waals surface area (Å²) in [6, 6.07) is 7.35. The maximum Gasteiger partial charge on any atom is 0.242 e. The van der Waals surface area contributed by atoms with Gasteiger partial charge in [0.15, 0.2) is 0 Å². The fourth-order valence-corrected chi connectivity index (χ4v) is 3.16. The molecular weight excluding hydrogens is 288 g/mol. The summed E-state index contributed by atoms with van der Waals surface area (Å²) in [5.41, 5.74) is 7.29. The zero-order chi connectivity index (χ0) is 15.6. The highest BCUT2D eigenvalue weighted by Gasteiger charge is 2.30. The van der Waals surface area contributed by atoms with E-state index in [1.165, 1.54) is 20.2 Å². The van der Waals surface area contributed by atoms with E-state index in [9.17, 15) is 8.42 Å². The van der Waals surface area contributed by atoms with Gasteiger partial charge in [-0.1, -0.05) is 0 Å². The van der Waals surface area contributed by atoms with Crippen LogP contribution in [0.1, 0.15) is 19.3 Å². The van der Waals surface area contributed by atoms with Crippen molar-refractivity contribution in [1.82, 2.24) is 4.31 Å². The van der Waals surface area contributed by atoms with Gasteiger partial charge in [0, 0.05) is 26.7 Å². The topological polar surface area (TPSA) is 90.4 Å². The van der Waals surface area contributed by atoms with Gasteiger partial charge in [-0.2, -0.15) is 5.26 Å². The predicted molar refractivity (Wildman–Crippen MR) is 82.3 cm³/mol. The molecule has 0 unspecified atom stereocenters. The Bertz CT molecular complexity index is 660. The van der Waals surface area contributed by atoms with Crippen LogP contribution in [0.5, 0.6) is 0 Å². The Kier molecular flexibility index (Phi) is 4.40. The Morgan fingerprint density at radius 2 is 2.05 bits per heavy atom. The third-order valence-corrected chi connectivity index (χ3v) is 5.35. The van der Waals surface area contributed by atoms with Crippen LogP contribution in [0.15, 0.2) is 23.1 Å². The normalized spacial score (nSPS) is 15.0. The maximum absolute atomic E-state index is 12.1. The Balaban J connectivity index is 2.32. The van der Waals surface area contributed by atoms with Gasteiger partial charge >= 0.3 is 0 Å². The number of nitrogens with two attached hydrogens (primary N) is 1. The fourth-order valence-electron chi connectivity index (χ4n) is 2.22. The maximum atomic E-state index is 12.1. The average molecular weight is 308 g/mol. The lowest BCUT2D eigenvalue weighted by Gasteiger charge is -2.25. The molecule has 0 aliphatic heterocycles. The van der Waals surface area contributed by atoms with Crippen LogP contribution in [-0.2, 0) is 10.0 Å². The summed E-state index contributed by atoms with van der Waals surface area (Å²) in [5, 5.41) is 8.75. The minimum Gasteiger partial charge on any atom is -0.397 e. The summed E-state index contributed by atoms with van der Waals surface area (Å²) in [4.78, 5) is 2.29. The first-order valence-electron chi connectivity index (χ1n) is 6.83. The second-order valence-corrected chi connectivity index (χ2v) is 7.49. The highest BCUT2D eigenvalue weighted by molar-refractivity contribution is 7.89. The van der Waals surface area contributed by atoms with Crippen molar-refractivity contribution >= 4 is 21.4 Å². The van der Waals surface area contributed by atoms with E-state index < -0.39 is 10.0 Å². The van der Waals surface area contributed by atoms with E-state index in [-0.39, 0.29) is 4.90 Å². The minimum absolute atomic E-state index is 0.185. The third kappa shape index (κ3) is 3.28. The van der Waals surface area contributed by atoms with E-state index >= 15 is 0 Å². The lowest BCUT2D eigenvalue weighted by Crippen LogP contribution is -2.28. The van der Waals surface area contributed by atoms with Crippen molar-refractivity contribution < 1.29 is 8.42 Å². The van der Waals surface area contributed by atoms with E-state index in [1.807, 2.05) is 0 Å². The Hall–Kier alpha value is -1.78. The molecule has 21 heavy (non-hydrogen) atoms. The summed E-state index contributed by atoms with van der Waals surface area (Å²) >= 11 is 0. The molecule has 2 N–H and O–H groups in total. The molecule has 0 atom stereocenters. The van der Waals surface area contributed by atoms with Crippen molar-refractivity contribution in [1.29, 1.82) is 5.26 Å². The first-order chi connectivity index (χ1) is 9.87. The minimum atomic E-state index is -3.48. The van der Waals surface area contributed by atoms with E-state index in [4.69, 9.17) is 11.0 Å². The number of hydrogen-bond donors (Lipinski definition) is 1. The van der Waals surface area contributed by atoms with Crippen LogP contribution in [-0.4, -0.2) is 39.4 Å². The summed E-state index contributed by atoms with van der Waals surface area (Å²) in [5.74, 6) is 0. The molecule has 1 saturated carbocycles. The molecule has 1 fully saturated rings. The van der Waals surface area contributed by atoms with Crippen LogP contribution < -0.4 is 10.6 Å². The highest BCUT2D eigenvalue weighted by atomic mass is 32.2. The van der Waals surface area contributed by atoms with Crippen LogP contribution in [0.4, 0.5) is 11.4 Å². The third-order valence-electron chi connectivity index (χ3n) is 3.54. The van der Waals surface area contributed by atoms with Gasteiger partial charge in [0.25, 0.3) is 0 Å². The van der Waals surface area contributed by atoms with Crippen LogP contribution in [0, 0.1) is 11.3 Å². The first-order valence-corrected chi connectivity index (χ1v) is 8.27. The second kappa shape index (κ2) is 5.92. The molecule has 0 bridgehead atoms. The number of nitriles is 1. The summed E-state index contributed by atoms with van der Waals surface area (Å²) in [6.45, 7) is 0.616. The molecule has 1 aromatic rings. The van der Waals surface area contributed by atoms with E-state index in [0.717, 1.165) is 22.8 Å². The molecule has 1 aromatic carbocycles. The van der Waals surface area contributed by atoms with Crippen molar-refractivity contribution in [2.24, 2.45) is 0 Å². The van der Waals surface area contributed by atoms with Gasteiger partial charge in [-0.05, 0) is 31.0 Å². The molecule has 0 spiro atoms. The molecule has 0 heterocycles. The van der Waals surface area contributed by atoms with Gasteiger partial charge in [-0.25, -0.2) is 12.7 Å². The van der Waals surface area contributed by atoms with Gasteiger partial charge in [0.2, 0.25) is 10.0 Å². The van der Waals surface area contributed by atoms with Crippen molar-refractivity contribution in [2.45, 2.75) is 30.2 Å². The molecule has 7 heteroatoms. The smallest absolute Gasteiger partial charge is 0.242 e. The molecule has 0 radical (unpaired) electrons. The van der Waals surface area contributed by atoms with E-state index in [1.54, 1.807) is 12.1 Å². The molecular formula is C14H20N4O2S. The van der Waals surface area contributed by atoms with Gasteiger partial charge in [-0.3, -0.25) is 0 Å². The first kappa shape index (κ1) is 15.6. The lowest BCUT2D eigenvalue weighted by molar-refractivity contribution is 0.521. The Labute approximate surface area is 125 Å². The molecule has 1 aliphatic carbocycles. The molecule has 0 amide bonds. The number of nitrogens with zero attached hydrogens (tertiary/aromatic N) is 3. The molecule has 0 saturated heterocycles. The molecule has 114 valence electrons. The predicted octanol–water partition coefficient (Wildman–Crippen LogP) is 1.40. The van der Waals surface area contributed by atoms with Gasteiger partial charge in [0.05, 0.1) is 28.8 Å². The number of hydrogen-bond acceptors (Lipinski definition) is 5. The number of rotatable bonds is 6. The largest absolute Gasteiger partial charge is 0.397 e. The monoisotopic (exact) mass is 308 g/mol. The van der Waals surface area contributed by atoms with Crippen molar-refractivity contribution in [3.63, 3.8) is 0 Å². The van der Waals surface area contributed by atoms with Gasteiger partial charge in [-0.15, -0.1) is 0 Å². The molecule has 0 aromatic heterocycles. The van der Waals surface area contributed by atoms with Crippen LogP contribution in [0.25, 0.3) is 0 Å². The number of nitrogen functional groups attached to an aromatic ring is 1. The molecule has 6 nitrogen and oxygen atoms in total. The van der Waals surface area contributed by atoms with Gasteiger partial charge < -0.3 is 10.6 Å². The van der Waals surface area contributed by atoms with Crippen LogP contribution in [0.2, 0.25) is 0 Å². The highest BCUT2D eigenvalue weighted by Crippen LogP contribution is 2.36. The van der Waals surface area contributed by atoms with E-state index in [0.29, 0.717) is 24.7 Å². The second-order valence-electron chi connectivity index (χ2n) is 5.34. The summed E-state index contributed by atoms with van der Waals surface area (Å²) < 4.78 is 25.4. The van der Waals surface area contributed by atoms with Crippen molar-refractivity contribution in [2.75, 3.05) is 31.3 Å². The van der Waals surface area contributed by atoms with Crippen molar-refractivity contribution in [3.05, 3.63) is 18.2 Å². The fraction of sp³-hybridized carbons (Fsp3) is 0.500. The quantitative estimate of drug-likeness (QED) is 0.802. The van der Waals surface area contributed by atoms with Crippen LogP contribution >= 0.6 is 0 Å². The summed E-state index contributed by atoms with van der Waals surface area (Å²) in [7, 11) is -0.503. The average Bonchev–Trinajstić information content (AvgIpc) is 3.25. The van der Waals surface area contributed by atoms with Crippen LogP contribution in [0.3, 0.4) is 0 Å². The summed E-state index contributed by atoms with van der Waals surface area (Å²) in [6.07, 6.45) is 2.60. The number of anilines is 2. The standard InChI is InChI=1S/C14H20N4O2S/c1-17(2)21(19,20)12-6-7-14(13(16)10-12)18(9-3-8-15)11-4-5-11/h6-7,10-11H,3-5,9,16H2,1-2H3. The lowest BCUT2D eigenvalue weighted by atomic mass is 10.2. The SMILES string of the molecule is CN(C)S(=O)(=O)c1ccc(N(CCC#N)C2CC2)c(N)c1. The number of benzene rings is 1. The zero-order valence-electron chi connectivity index (χ0n) is 12.3.